The Balaban J connectivity index is 2.31. The molecule has 2 rings (SSSR count). The van der Waals surface area contributed by atoms with Crippen LogP contribution in [0.2, 0.25) is 0 Å². The van der Waals surface area contributed by atoms with Gasteiger partial charge in [0.2, 0.25) is 5.91 Å². The van der Waals surface area contributed by atoms with Gasteiger partial charge in [-0.1, -0.05) is 13.8 Å². The van der Waals surface area contributed by atoms with Crippen LogP contribution >= 0.6 is 0 Å². The lowest BCUT2D eigenvalue weighted by Gasteiger charge is -2.22. The highest BCUT2D eigenvalue weighted by Gasteiger charge is 2.15. The fourth-order valence-corrected chi connectivity index (χ4v) is 2.67. The summed E-state index contributed by atoms with van der Waals surface area (Å²) in [6.07, 6.45) is 4.12. The van der Waals surface area contributed by atoms with Crippen molar-refractivity contribution >= 4 is 23.1 Å². The number of halogens is 1. The van der Waals surface area contributed by atoms with Gasteiger partial charge in [0.25, 0.3) is 0 Å². The Hall–Kier alpha value is -2.17. The van der Waals surface area contributed by atoms with Crippen molar-refractivity contribution < 1.29 is 14.0 Å². The molecule has 0 aliphatic heterocycles. The molecule has 2 aromatic rings. The normalized spacial score (nSPS) is 10.9. The van der Waals surface area contributed by atoms with Crippen LogP contribution < -0.4 is 0 Å². The molecule has 0 spiro atoms. The maximum absolute atomic E-state index is 13.4. The highest BCUT2D eigenvalue weighted by atomic mass is 19.1. The van der Waals surface area contributed by atoms with Crippen molar-refractivity contribution in [2.75, 3.05) is 13.1 Å². The molecule has 0 fully saturated rings. The molecule has 118 valence electrons. The smallest absolute Gasteiger partial charge is 0.242 e. The molecule has 0 N–H and O–H groups in total. The zero-order chi connectivity index (χ0) is 16.1. The van der Waals surface area contributed by atoms with Crippen LogP contribution in [-0.2, 0) is 11.3 Å². The molecule has 0 unspecified atom stereocenters. The van der Waals surface area contributed by atoms with Gasteiger partial charge >= 0.3 is 0 Å². The Labute approximate surface area is 129 Å². The fraction of sp³-hybridized carbons (Fsp3) is 0.412. The monoisotopic (exact) mass is 304 g/mol. The molecule has 1 aromatic carbocycles. The number of aromatic nitrogens is 1. The van der Waals surface area contributed by atoms with E-state index >= 15 is 0 Å². The molecule has 0 saturated carbocycles. The van der Waals surface area contributed by atoms with Crippen molar-refractivity contribution in [2.45, 2.75) is 33.2 Å². The number of hydrogen-bond acceptors (Lipinski definition) is 2. The third-order valence-electron chi connectivity index (χ3n) is 3.65. The van der Waals surface area contributed by atoms with Gasteiger partial charge in [-0.3, -0.25) is 9.59 Å². The number of carbonyl (C=O) groups excluding carboxylic acids is 2. The number of rotatable bonds is 7. The Kier molecular flexibility index (Phi) is 5.31. The Morgan fingerprint density at radius 3 is 2.55 bits per heavy atom. The van der Waals surface area contributed by atoms with E-state index < -0.39 is 5.82 Å². The van der Waals surface area contributed by atoms with Crippen LogP contribution in [0, 0.1) is 5.82 Å². The lowest BCUT2D eigenvalue weighted by molar-refractivity contribution is -0.131. The summed E-state index contributed by atoms with van der Waals surface area (Å²) in [5.74, 6) is -0.374. The summed E-state index contributed by atoms with van der Waals surface area (Å²) in [5.41, 5.74) is 1.10. The van der Waals surface area contributed by atoms with Crippen LogP contribution in [0.3, 0.4) is 0 Å². The summed E-state index contributed by atoms with van der Waals surface area (Å²) in [7, 11) is 0. The Morgan fingerprint density at radius 2 is 1.95 bits per heavy atom. The van der Waals surface area contributed by atoms with Gasteiger partial charge in [-0.25, -0.2) is 4.39 Å². The first-order chi connectivity index (χ1) is 10.6. The average Bonchev–Trinajstić information content (AvgIpc) is 2.84. The molecule has 0 bridgehead atoms. The third-order valence-corrected chi connectivity index (χ3v) is 3.65. The number of benzene rings is 1. The number of fused-ring (bicyclic) bond motifs is 1. The topological polar surface area (TPSA) is 42.3 Å². The van der Waals surface area contributed by atoms with Crippen LogP contribution in [0.4, 0.5) is 4.39 Å². The summed E-state index contributed by atoms with van der Waals surface area (Å²) in [6.45, 7) is 5.68. The minimum Gasteiger partial charge on any atom is -0.341 e. The molecule has 1 heterocycles. The molecule has 4 nitrogen and oxygen atoms in total. The quantitative estimate of drug-likeness (QED) is 0.737. The SMILES string of the molecule is CCCN(CCC)C(=O)Cn1cc(C=O)c2cc(F)ccc21. The number of hydrogen-bond donors (Lipinski definition) is 0. The number of nitrogens with zero attached hydrogens (tertiary/aromatic N) is 2. The third kappa shape index (κ3) is 3.35. The van der Waals surface area contributed by atoms with Crippen molar-refractivity contribution in [3.63, 3.8) is 0 Å². The summed E-state index contributed by atoms with van der Waals surface area (Å²) in [4.78, 5) is 25.4. The van der Waals surface area contributed by atoms with Gasteiger partial charge in [0.1, 0.15) is 12.4 Å². The number of amides is 1. The van der Waals surface area contributed by atoms with Gasteiger partial charge in [-0.05, 0) is 31.0 Å². The molecule has 1 aromatic heterocycles. The van der Waals surface area contributed by atoms with Crippen molar-refractivity contribution in [3.8, 4) is 0 Å². The van der Waals surface area contributed by atoms with Crippen molar-refractivity contribution in [1.29, 1.82) is 0 Å². The predicted octanol–water partition coefficient (Wildman–Crippen LogP) is 3.24. The van der Waals surface area contributed by atoms with Crippen LogP contribution in [0.5, 0.6) is 0 Å². The van der Waals surface area contributed by atoms with E-state index in [0.29, 0.717) is 22.8 Å². The van der Waals surface area contributed by atoms with E-state index in [1.165, 1.54) is 12.1 Å². The van der Waals surface area contributed by atoms with Gasteiger partial charge in [0.05, 0.1) is 0 Å². The highest BCUT2D eigenvalue weighted by Crippen LogP contribution is 2.21. The first-order valence-electron chi connectivity index (χ1n) is 7.62. The van der Waals surface area contributed by atoms with Crippen molar-refractivity contribution in [3.05, 3.63) is 35.8 Å². The molecule has 0 saturated heterocycles. The second-order valence-electron chi connectivity index (χ2n) is 5.37. The fourth-order valence-electron chi connectivity index (χ4n) is 2.67. The van der Waals surface area contributed by atoms with E-state index in [-0.39, 0.29) is 12.5 Å². The van der Waals surface area contributed by atoms with Crippen molar-refractivity contribution in [2.24, 2.45) is 0 Å². The van der Waals surface area contributed by atoms with Gasteiger partial charge in [-0.15, -0.1) is 0 Å². The molecular formula is C17H21FN2O2. The van der Waals surface area contributed by atoms with Crippen LogP contribution in [0.1, 0.15) is 37.0 Å². The maximum atomic E-state index is 13.4. The van der Waals surface area contributed by atoms with Crippen LogP contribution in [-0.4, -0.2) is 34.7 Å². The first kappa shape index (κ1) is 16.2. The zero-order valence-corrected chi connectivity index (χ0v) is 13.0. The molecule has 0 radical (unpaired) electrons. The molecule has 5 heteroatoms. The maximum Gasteiger partial charge on any atom is 0.242 e. The standard InChI is InChI=1S/C17H21FN2O2/c1-3-7-19(8-4-2)17(22)11-20-10-13(12-21)15-9-14(18)5-6-16(15)20/h5-6,9-10,12H,3-4,7-8,11H2,1-2H3. The average molecular weight is 304 g/mol. The van der Waals surface area contributed by atoms with Crippen LogP contribution in [0.25, 0.3) is 10.9 Å². The van der Waals surface area contributed by atoms with Gasteiger partial charge in [-0.2, -0.15) is 0 Å². The van der Waals surface area contributed by atoms with Gasteiger partial charge in [0, 0.05) is 35.8 Å². The predicted molar refractivity (Wildman–Crippen MR) is 84.4 cm³/mol. The number of aldehydes is 1. The summed E-state index contributed by atoms with van der Waals surface area (Å²) < 4.78 is 15.1. The lowest BCUT2D eigenvalue weighted by Crippen LogP contribution is -2.35. The second-order valence-corrected chi connectivity index (χ2v) is 5.37. The summed E-state index contributed by atoms with van der Waals surface area (Å²) >= 11 is 0. The number of carbonyl (C=O) groups is 2. The van der Waals surface area contributed by atoms with E-state index in [4.69, 9.17) is 0 Å². The van der Waals surface area contributed by atoms with E-state index in [2.05, 4.69) is 0 Å². The second kappa shape index (κ2) is 7.20. The molecular weight excluding hydrogens is 283 g/mol. The molecule has 22 heavy (non-hydrogen) atoms. The minimum absolute atomic E-state index is 0.0161. The van der Waals surface area contributed by atoms with E-state index in [9.17, 15) is 14.0 Å². The molecule has 0 aliphatic rings. The zero-order valence-electron chi connectivity index (χ0n) is 13.0. The molecule has 0 atom stereocenters. The highest BCUT2D eigenvalue weighted by molar-refractivity contribution is 5.98. The van der Waals surface area contributed by atoms with Crippen molar-refractivity contribution in [1.82, 2.24) is 9.47 Å². The Morgan fingerprint density at radius 1 is 1.27 bits per heavy atom. The summed E-state index contributed by atoms with van der Waals surface area (Å²) in [6, 6.07) is 4.28. The lowest BCUT2D eigenvalue weighted by atomic mass is 10.2. The summed E-state index contributed by atoms with van der Waals surface area (Å²) in [5, 5.41) is 0.542. The van der Waals surface area contributed by atoms with Crippen LogP contribution in [0.15, 0.2) is 24.4 Å². The van der Waals surface area contributed by atoms with E-state index in [1.807, 2.05) is 18.7 Å². The Bertz CT molecular complexity index is 673. The van der Waals surface area contributed by atoms with E-state index in [1.54, 1.807) is 16.8 Å². The first-order valence-corrected chi connectivity index (χ1v) is 7.62. The largest absolute Gasteiger partial charge is 0.341 e. The molecule has 0 aliphatic carbocycles. The minimum atomic E-state index is -0.390. The van der Waals surface area contributed by atoms with Gasteiger partial charge < -0.3 is 9.47 Å². The molecule has 1 amide bonds. The van der Waals surface area contributed by atoms with Gasteiger partial charge in [0.15, 0.2) is 6.29 Å². The van der Waals surface area contributed by atoms with E-state index in [0.717, 1.165) is 25.9 Å².